The lowest BCUT2D eigenvalue weighted by Gasteiger charge is -2.34. The molecule has 0 saturated carbocycles. The summed E-state index contributed by atoms with van der Waals surface area (Å²) in [5.74, 6) is -1.66. The van der Waals surface area contributed by atoms with Crippen LogP contribution in [0, 0.1) is 5.82 Å². The first-order valence-corrected chi connectivity index (χ1v) is 12.3. The number of nitrogens with one attached hydrogen (secondary N) is 1. The minimum Gasteiger partial charge on any atom is -0.478 e. The van der Waals surface area contributed by atoms with Crippen molar-refractivity contribution < 1.29 is 28.6 Å². The van der Waals surface area contributed by atoms with E-state index in [1.165, 1.54) is 30.6 Å². The van der Waals surface area contributed by atoms with Crippen LogP contribution in [-0.4, -0.2) is 72.2 Å². The van der Waals surface area contributed by atoms with E-state index < -0.39 is 29.9 Å². The summed E-state index contributed by atoms with van der Waals surface area (Å²) in [5.41, 5.74) is 1.27. The summed E-state index contributed by atoms with van der Waals surface area (Å²) in [6.45, 7) is 1.68. The Labute approximate surface area is 213 Å². The highest BCUT2D eigenvalue weighted by molar-refractivity contribution is 9.10. The van der Waals surface area contributed by atoms with Gasteiger partial charge < -0.3 is 19.9 Å². The van der Waals surface area contributed by atoms with Crippen LogP contribution in [0.5, 0.6) is 0 Å². The number of morpholine rings is 1. The number of rotatable bonds is 7. The van der Waals surface area contributed by atoms with Crippen LogP contribution < -0.4 is 5.32 Å². The van der Waals surface area contributed by atoms with E-state index >= 15 is 0 Å². The predicted molar refractivity (Wildman–Crippen MR) is 131 cm³/mol. The number of hydrogen-bond donors (Lipinski definition) is 2. The molecule has 0 radical (unpaired) electrons. The number of carboxylic acid groups (broad SMARTS) is 1. The van der Waals surface area contributed by atoms with Crippen LogP contribution in [0.3, 0.4) is 0 Å². The van der Waals surface area contributed by atoms with Gasteiger partial charge in [-0.05, 0) is 33.6 Å². The zero-order valence-electron chi connectivity index (χ0n) is 18.6. The summed E-state index contributed by atoms with van der Waals surface area (Å²) in [4.78, 5) is 35.0. The molecule has 1 aromatic carbocycles. The first kappa shape index (κ1) is 25.2. The van der Waals surface area contributed by atoms with Crippen molar-refractivity contribution in [2.75, 3.05) is 33.4 Å². The molecule has 2 N–H and O–H groups in total. The van der Waals surface area contributed by atoms with E-state index in [9.17, 15) is 14.0 Å². The fraction of sp³-hybridized carbons (Fsp3) is 0.304. The molecule has 0 aliphatic carbocycles. The Bertz CT molecular complexity index is 1200. The third kappa shape index (κ3) is 5.84. The molecule has 3 heterocycles. The highest BCUT2D eigenvalue weighted by Crippen LogP contribution is 2.37. The first-order valence-electron chi connectivity index (χ1n) is 10.6. The van der Waals surface area contributed by atoms with Crippen LogP contribution in [0.1, 0.15) is 16.6 Å². The molecule has 12 heteroatoms. The molecule has 2 aliphatic rings. The number of methoxy groups -OCH3 is 1. The van der Waals surface area contributed by atoms with Gasteiger partial charge in [-0.2, -0.15) is 0 Å². The fourth-order valence-corrected chi connectivity index (χ4v) is 4.95. The van der Waals surface area contributed by atoms with E-state index in [4.69, 9.17) is 19.6 Å². The van der Waals surface area contributed by atoms with Crippen molar-refractivity contribution in [1.29, 1.82) is 0 Å². The van der Waals surface area contributed by atoms with Crippen molar-refractivity contribution in [3.8, 4) is 0 Å². The van der Waals surface area contributed by atoms with Crippen LogP contribution in [0.2, 0.25) is 0 Å². The summed E-state index contributed by atoms with van der Waals surface area (Å²) in [6.07, 6.45) is 3.79. The Hall–Kier alpha value is -2.93. The Morgan fingerprint density at radius 1 is 1.46 bits per heavy atom. The molecule has 1 unspecified atom stereocenters. The number of aliphatic imine (C=N–C) groups is 1. The molecule has 0 amide bonds. The smallest absolute Gasteiger partial charge is 0.338 e. The van der Waals surface area contributed by atoms with Gasteiger partial charge in [0.2, 0.25) is 0 Å². The van der Waals surface area contributed by atoms with E-state index in [0.29, 0.717) is 48.3 Å². The number of aliphatic carboxylic acids is 1. The van der Waals surface area contributed by atoms with Gasteiger partial charge >= 0.3 is 11.9 Å². The second kappa shape index (κ2) is 11.2. The van der Waals surface area contributed by atoms with Crippen molar-refractivity contribution in [2.24, 2.45) is 4.99 Å². The molecule has 184 valence electrons. The zero-order valence-corrected chi connectivity index (χ0v) is 21.0. The standard InChI is InChI=1S/C23H22BrFN4O5S/c1-33-23(32)18-16(12-29-8-9-34-13(11-29)5-6-17(30)31)27-21(22-26-7-10-35-22)28-20(18)14-3-2-4-15(25)19(14)24/h2-7,10,13,20H,8-9,11-12H2,1H3,(H,27,28)(H,30,31)/b6-5+/t13?,20-/m0/s1. The Morgan fingerprint density at radius 2 is 2.29 bits per heavy atom. The second-order valence-corrected chi connectivity index (χ2v) is 9.40. The number of hydrogen-bond acceptors (Lipinski definition) is 9. The number of halogens is 2. The van der Waals surface area contributed by atoms with Crippen LogP contribution in [-0.2, 0) is 19.1 Å². The van der Waals surface area contributed by atoms with Gasteiger partial charge in [0.1, 0.15) is 11.9 Å². The van der Waals surface area contributed by atoms with Crippen LogP contribution in [0.15, 0.2) is 62.7 Å². The number of thiazole rings is 1. The maximum atomic E-state index is 14.4. The van der Waals surface area contributed by atoms with Crippen LogP contribution >= 0.6 is 27.3 Å². The van der Waals surface area contributed by atoms with Gasteiger partial charge in [0, 0.05) is 43.0 Å². The average Bonchev–Trinajstić information content (AvgIpc) is 3.39. The quantitative estimate of drug-likeness (QED) is 0.390. The highest BCUT2D eigenvalue weighted by atomic mass is 79.9. The monoisotopic (exact) mass is 564 g/mol. The van der Waals surface area contributed by atoms with E-state index in [1.807, 2.05) is 10.3 Å². The molecule has 2 aromatic rings. The van der Waals surface area contributed by atoms with Crippen LogP contribution in [0.25, 0.3) is 0 Å². The maximum absolute atomic E-state index is 14.4. The molecule has 4 rings (SSSR count). The number of amidine groups is 1. The second-order valence-electron chi connectivity index (χ2n) is 7.71. The Balaban J connectivity index is 1.74. The van der Waals surface area contributed by atoms with Crippen molar-refractivity contribution in [3.05, 3.63) is 74.1 Å². The predicted octanol–water partition coefficient (Wildman–Crippen LogP) is 2.90. The number of carboxylic acids is 1. The van der Waals surface area contributed by atoms with E-state index in [2.05, 4.69) is 26.2 Å². The third-order valence-electron chi connectivity index (χ3n) is 5.46. The summed E-state index contributed by atoms with van der Waals surface area (Å²) in [7, 11) is 1.28. The number of esters is 1. The Kier molecular flexibility index (Phi) is 8.06. The Morgan fingerprint density at radius 3 is 3.00 bits per heavy atom. The molecule has 0 spiro atoms. The van der Waals surface area contributed by atoms with E-state index in [0.717, 1.165) is 6.08 Å². The summed E-state index contributed by atoms with van der Waals surface area (Å²) in [6, 6.07) is 3.74. The highest BCUT2D eigenvalue weighted by Gasteiger charge is 2.35. The van der Waals surface area contributed by atoms with E-state index in [-0.39, 0.29) is 10.0 Å². The van der Waals surface area contributed by atoms with Gasteiger partial charge in [0.25, 0.3) is 0 Å². The molecule has 9 nitrogen and oxygen atoms in total. The lowest BCUT2D eigenvalue weighted by Crippen LogP contribution is -2.46. The zero-order chi connectivity index (χ0) is 24.9. The van der Waals surface area contributed by atoms with Crippen molar-refractivity contribution >= 4 is 45.0 Å². The maximum Gasteiger partial charge on any atom is 0.338 e. The average molecular weight is 565 g/mol. The van der Waals surface area contributed by atoms with Gasteiger partial charge in [-0.1, -0.05) is 12.1 Å². The molecule has 0 bridgehead atoms. The van der Waals surface area contributed by atoms with Gasteiger partial charge in [-0.25, -0.2) is 19.0 Å². The number of carbonyl (C=O) groups excluding carboxylic acids is 1. The fourth-order valence-electron chi connectivity index (χ4n) is 3.88. The minimum atomic E-state index is -1.05. The van der Waals surface area contributed by atoms with Gasteiger partial charge in [-0.15, -0.1) is 11.3 Å². The lowest BCUT2D eigenvalue weighted by atomic mass is 9.95. The van der Waals surface area contributed by atoms with Crippen molar-refractivity contribution in [2.45, 2.75) is 12.1 Å². The van der Waals surface area contributed by atoms with Gasteiger partial charge in [0.15, 0.2) is 10.8 Å². The summed E-state index contributed by atoms with van der Waals surface area (Å²) >= 11 is 4.68. The molecule has 1 fully saturated rings. The number of benzene rings is 1. The first-order chi connectivity index (χ1) is 16.9. The molecular formula is C23H22BrFN4O5S. The molecule has 35 heavy (non-hydrogen) atoms. The molecule has 2 aliphatic heterocycles. The molecular weight excluding hydrogens is 543 g/mol. The van der Waals surface area contributed by atoms with Gasteiger partial charge in [-0.3, -0.25) is 9.89 Å². The van der Waals surface area contributed by atoms with Crippen LogP contribution in [0.4, 0.5) is 4.39 Å². The molecule has 1 aromatic heterocycles. The lowest BCUT2D eigenvalue weighted by molar-refractivity contribution is -0.136. The number of nitrogens with zero attached hydrogens (tertiary/aromatic N) is 3. The van der Waals surface area contributed by atoms with Crippen molar-refractivity contribution in [1.82, 2.24) is 15.2 Å². The third-order valence-corrected chi connectivity index (χ3v) is 7.07. The molecule has 1 saturated heterocycles. The van der Waals surface area contributed by atoms with E-state index in [1.54, 1.807) is 18.3 Å². The van der Waals surface area contributed by atoms with Crippen molar-refractivity contribution in [3.63, 3.8) is 0 Å². The molecule has 2 atom stereocenters. The minimum absolute atomic E-state index is 0.208. The largest absolute Gasteiger partial charge is 0.478 e. The summed E-state index contributed by atoms with van der Waals surface area (Å²) < 4.78 is 25.4. The normalized spacial score (nSPS) is 21.1. The number of carbonyl (C=O) groups is 2. The topological polar surface area (TPSA) is 113 Å². The summed E-state index contributed by atoms with van der Waals surface area (Å²) in [5, 5.41) is 14.6. The SMILES string of the molecule is COC(=O)C1=C(CN2CCOC(/C=C/C(=O)O)C2)NC(c2nccs2)=N[C@H]1c1cccc(F)c1Br. The number of ether oxygens (including phenoxy) is 2. The number of aromatic nitrogens is 1. The van der Waals surface area contributed by atoms with Gasteiger partial charge in [0.05, 0.1) is 29.9 Å².